The van der Waals surface area contributed by atoms with Crippen LogP contribution in [-0.4, -0.2) is 5.97 Å². The molecule has 0 heterocycles. The molecule has 0 aromatic heterocycles. The van der Waals surface area contributed by atoms with Gasteiger partial charge in [0.05, 0.1) is 5.56 Å². The summed E-state index contributed by atoms with van der Waals surface area (Å²) in [5.74, 6) is -0.870. The molecule has 0 N–H and O–H groups in total. The molecule has 0 atom stereocenters. The lowest BCUT2D eigenvalue weighted by Crippen LogP contribution is -2.06. The molecule has 0 saturated heterocycles. The number of ether oxygens (including phenoxy) is 1. The molecule has 0 spiro atoms. The van der Waals surface area contributed by atoms with E-state index in [1.54, 1.807) is 6.07 Å². The number of unbranched alkanes of at least 4 members (excludes halogenated alkanes) is 1. The highest BCUT2D eigenvalue weighted by atomic mass is 19.1. The van der Waals surface area contributed by atoms with E-state index in [-0.39, 0.29) is 5.56 Å². The summed E-state index contributed by atoms with van der Waals surface area (Å²) in [6.07, 6.45) is 2.52. The minimum atomic E-state index is -0.681. The Hall–Kier alpha value is -1.64. The summed E-state index contributed by atoms with van der Waals surface area (Å²) in [5.41, 5.74) is -0.0554. The van der Waals surface area contributed by atoms with Crippen LogP contribution >= 0.6 is 0 Å². The smallest absolute Gasteiger partial charge is 0.346 e. The minimum Gasteiger partial charge on any atom is -0.428 e. The summed E-state index contributed by atoms with van der Waals surface area (Å²) < 4.78 is 18.2. The molecule has 0 bridgehead atoms. The van der Waals surface area contributed by atoms with Gasteiger partial charge in [-0.05, 0) is 18.6 Å². The highest BCUT2D eigenvalue weighted by Gasteiger charge is 2.13. The maximum Gasteiger partial charge on any atom is 0.346 e. The van der Waals surface area contributed by atoms with Crippen molar-refractivity contribution in [3.8, 4) is 0 Å². The van der Waals surface area contributed by atoms with Crippen molar-refractivity contribution in [2.24, 2.45) is 0 Å². The summed E-state index contributed by atoms with van der Waals surface area (Å²) in [5, 5.41) is 0. The van der Waals surface area contributed by atoms with Crippen molar-refractivity contribution in [1.29, 1.82) is 0 Å². The lowest BCUT2D eigenvalue weighted by atomic mass is 10.2. The highest BCUT2D eigenvalue weighted by molar-refractivity contribution is 5.90. The van der Waals surface area contributed by atoms with Crippen molar-refractivity contribution in [2.45, 2.75) is 26.2 Å². The summed E-state index contributed by atoms with van der Waals surface area (Å²) in [7, 11) is 0. The van der Waals surface area contributed by atoms with E-state index in [4.69, 9.17) is 4.74 Å². The zero-order chi connectivity index (χ0) is 12.0. The van der Waals surface area contributed by atoms with Crippen molar-refractivity contribution in [2.75, 3.05) is 0 Å². The number of esters is 1. The third-order valence-corrected chi connectivity index (χ3v) is 2.14. The Morgan fingerprint density at radius 1 is 1.44 bits per heavy atom. The number of hydrogen-bond donors (Lipinski definition) is 0. The number of allylic oxidation sites excluding steroid dienone is 1. The second kappa shape index (κ2) is 6.05. The largest absolute Gasteiger partial charge is 0.428 e. The Labute approximate surface area is 94.7 Å². The van der Waals surface area contributed by atoms with Crippen molar-refractivity contribution in [3.05, 3.63) is 48.0 Å². The molecule has 86 valence electrons. The first-order valence-electron chi connectivity index (χ1n) is 5.29. The summed E-state index contributed by atoms with van der Waals surface area (Å²) in [6.45, 7) is 5.66. The number of rotatable bonds is 5. The fraction of sp³-hybridized carbons (Fsp3) is 0.308. The monoisotopic (exact) mass is 222 g/mol. The van der Waals surface area contributed by atoms with Gasteiger partial charge in [0.15, 0.2) is 0 Å². The molecule has 1 aromatic rings. The summed E-state index contributed by atoms with van der Waals surface area (Å²) in [6, 6.07) is 5.74. The van der Waals surface area contributed by atoms with E-state index in [1.165, 1.54) is 18.2 Å². The highest BCUT2D eigenvalue weighted by Crippen LogP contribution is 2.13. The van der Waals surface area contributed by atoms with Gasteiger partial charge >= 0.3 is 5.97 Å². The molecule has 16 heavy (non-hydrogen) atoms. The third kappa shape index (κ3) is 3.50. The van der Waals surface area contributed by atoms with Gasteiger partial charge in [0.1, 0.15) is 11.6 Å². The van der Waals surface area contributed by atoms with Crippen LogP contribution in [0.25, 0.3) is 0 Å². The van der Waals surface area contributed by atoms with Gasteiger partial charge in [-0.3, -0.25) is 0 Å². The first kappa shape index (κ1) is 12.4. The fourth-order valence-electron chi connectivity index (χ4n) is 1.24. The lowest BCUT2D eigenvalue weighted by Gasteiger charge is -2.07. The Kier molecular flexibility index (Phi) is 4.70. The maximum atomic E-state index is 13.2. The zero-order valence-corrected chi connectivity index (χ0v) is 9.33. The van der Waals surface area contributed by atoms with E-state index in [0.717, 1.165) is 12.8 Å². The number of carbonyl (C=O) groups excluding carboxylic acids is 1. The van der Waals surface area contributed by atoms with E-state index in [1.807, 2.05) is 6.92 Å². The first-order valence-corrected chi connectivity index (χ1v) is 5.29. The first-order chi connectivity index (χ1) is 7.65. The van der Waals surface area contributed by atoms with Crippen LogP contribution in [0.4, 0.5) is 4.39 Å². The van der Waals surface area contributed by atoms with Gasteiger partial charge in [-0.15, -0.1) is 0 Å². The number of halogens is 1. The molecule has 0 saturated carbocycles. The van der Waals surface area contributed by atoms with E-state index in [2.05, 4.69) is 6.58 Å². The zero-order valence-electron chi connectivity index (χ0n) is 9.33. The predicted octanol–water partition coefficient (Wildman–Crippen LogP) is 3.69. The second-order valence-electron chi connectivity index (χ2n) is 3.51. The average molecular weight is 222 g/mol. The van der Waals surface area contributed by atoms with Crippen molar-refractivity contribution in [1.82, 2.24) is 0 Å². The van der Waals surface area contributed by atoms with Gasteiger partial charge < -0.3 is 4.74 Å². The third-order valence-electron chi connectivity index (χ3n) is 2.14. The van der Waals surface area contributed by atoms with Gasteiger partial charge in [-0.25, -0.2) is 9.18 Å². The molecule has 3 heteroatoms. The Morgan fingerprint density at radius 2 is 2.12 bits per heavy atom. The molecule has 0 unspecified atom stereocenters. The van der Waals surface area contributed by atoms with Gasteiger partial charge in [0, 0.05) is 6.42 Å². The number of hydrogen-bond acceptors (Lipinski definition) is 2. The van der Waals surface area contributed by atoms with Crippen molar-refractivity contribution >= 4 is 5.97 Å². The van der Waals surface area contributed by atoms with Crippen LogP contribution in [0.15, 0.2) is 36.6 Å². The predicted molar refractivity (Wildman–Crippen MR) is 60.5 cm³/mol. The number of benzene rings is 1. The summed E-state index contributed by atoms with van der Waals surface area (Å²) >= 11 is 0. The van der Waals surface area contributed by atoms with Gasteiger partial charge in [-0.2, -0.15) is 0 Å². The molecule has 1 rings (SSSR count). The maximum absolute atomic E-state index is 13.2. The average Bonchev–Trinajstić information content (AvgIpc) is 2.26. The van der Waals surface area contributed by atoms with Crippen molar-refractivity contribution < 1.29 is 13.9 Å². The van der Waals surface area contributed by atoms with Crippen LogP contribution in [0.1, 0.15) is 36.5 Å². The van der Waals surface area contributed by atoms with E-state index in [0.29, 0.717) is 12.2 Å². The Morgan fingerprint density at radius 3 is 2.75 bits per heavy atom. The fourth-order valence-corrected chi connectivity index (χ4v) is 1.24. The van der Waals surface area contributed by atoms with E-state index < -0.39 is 11.8 Å². The molecule has 0 fully saturated rings. The topological polar surface area (TPSA) is 26.3 Å². The molecule has 0 radical (unpaired) electrons. The Balaban J connectivity index is 2.59. The molecule has 0 aliphatic rings. The van der Waals surface area contributed by atoms with Crippen LogP contribution in [-0.2, 0) is 4.74 Å². The van der Waals surface area contributed by atoms with E-state index >= 15 is 0 Å². The quantitative estimate of drug-likeness (QED) is 0.561. The normalized spacial score (nSPS) is 9.88. The minimum absolute atomic E-state index is 0.0554. The van der Waals surface area contributed by atoms with Gasteiger partial charge in [0.25, 0.3) is 0 Å². The molecule has 0 aliphatic heterocycles. The second-order valence-corrected chi connectivity index (χ2v) is 3.51. The van der Waals surface area contributed by atoms with Crippen LogP contribution in [0.2, 0.25) is 0 Å². The van der Waals surface area contributed by atoms with Crippen LogP contribution in [0.5, 0.6) is 0 Å². The standard InChI is InChI=1S/C13H15FO2/c1-3-4-7-10(2)16-13(15)11-8-5-6-9-12(11)14/h5-6,8-9H,2-4,7H2,1H3. The Bertz CT molecular complexity index is 385. The molecule has 1 aromatic carbocycles. The number of carbonyl (C=O) groups is 1. The molecular weight excluding hydrogens is 207 g/mol. The molecule has 0 aliphatic carbocycles. The van der Waals surface area contributed by atoms with Crippen molar-refractivity contribution in [3.63, 3.8) is 0 Å². The van der Waals surface area contributed by atoms with Gasteiger partial charge in [-0.1, -0.05) is 32.1 Å². The molecule has 0 amide bonds. The van der Waals surface area contributed by atoms with Crippen LogP contribution < -0.4 is 0 Å². The molecular formula is C13H15FO2. The molecule has 2 nitrogen and oxygen atoms in total. The van der Waals surface area contributed by atoms with Crippen LogP contribution in [0, 0.1) is 5.82 Å². The van der Waals surface area contributed by atoms with Gasteiger partial charge in [0.2, 0.25) is 0 Å². The van der Waals surface area contributed by atoms with E-state index in [9.17, 15) is 9.18 Å². The lowest BCUT2D eigenvalue weighted by molar-refractivity contribution is 0.0610. The summed E-state index contributed by atoms with van der Waals surface area (Å²) in [4.78, 5) is 11.5. The SMILES string of the molecule is C=C(CCCC)OC(=O)c1ccccc1F. The van der Waals surface area contributed by atoms with Crippen LogP contribution in [0.3, 0.4) is 0 Å².